The summed E-state index contributed by atoms with van der Waals surface area (Å²) in [5.41, 5.74) is 2.24. The van der Waals surface area contributed by atoms with Gasteiger partial charge in [0.05, 0.1) is 5.02 Å². The predicted octanol–water partition coefficient (Wildman–Crippen LogP) is 5.97. The summed E-state index contributed by atoms with van der Waals surface area (Å²) in [4.78, 5) is 0. The monoisotopic (exact) mass is 455 g/mol. The minimum atomic E-state index is 0.722. The minimum absolute atomic E-state index is 0.722. The molecular weight excluding hydrogens is 448 g/mol. The Bertz CT molecular complexity index is 575. The zero-order chi connectivity index (χ0) is 13.1. The van der Waals surface area contributed by atoms with Crippen LogP contribution < -0.4 is 5.32 Å². The molecule has 0 spiro atoms. The second kappa shape index (κ2) is 6.46. The summed E-state index contributed by atoms with van der Waals surface area (Å²) in [6.45, 7) is 0.743. The molecule has 2 aromatic carbocycles. The molecule has 0 saturated heterocycles. The fraction of sp³-hybridized carbons (Fsp3) is 0.0769. The number of halogens is 4. The number of benzene rings is 2. The standard InChI is InChI=1S/C13H9BrCl2IN/c14-10-5-8(1-3-11(10)16)7-18-13-4-2-9(15)6-12(13)17/h1-6,18H,7H2. The highest BCUT2D eigenvalue weighted by Crippen LogP contribution is 2.25. The van der Waals surface area contributed by atoms with Crippen molar-refractivity contribution in [1.29, 1.82) is 0 Å². The summed E-state index contributed by atoms with van der Waals surface area (Å²) in [5.74, 6) is 0. The molecule has 0 fully saturated rings. The fourth-order valence-corrected chi connectivity index (χ4v) is 3.09. The van der Waals surface area contributed by atoms with Crippen LogP contribution in [0.4, 0.5) is 5.69 Å². The van der Waals surface area contributed by atoms with E-state index in [1.165, 1.54) is 0 Å². The van der Waals surface area contributed by atoms with Crippen LogP contribution in [0.5, 0.6) is 0 Å². The molecule has 0 unspecified atom stereocenters. The van der Waals surface area contributed by atoms with Gasteiger partial charge in [-0.2, -0.15) is 0 Å². The molecule has 2 aromatic rings. The van der Waals surface area contributed by atoms with Gasteiger partial charge in [0, 0.05) is 25.3 Å². The Morgan fingerprint density at radius 3 is 2.56 bits per heavy atom. The Labute approximate surface area is 138 Å². The Balaban J connectivity index is 2.09. The molecule has 1 N–H and O–H groups in total. The number of hydrogen-bond donors (Lipinski definition) is 1. The number of nitrogens with one attached hydrogen (secondary N) is 1. The van der Waals surface area contributed by atoms with Crippen LogP contribution in [0.15, 0.2) is 40.9 Å². The molecule has 0 aliphatic carbocycles. The van der Waals surface area contributed by atoms with Gasteiger partial charge in [-0.1, -0.05) is 29.3 Å². The molecule has 0 aliphatic heterocycles. The van der Waals surface area contributed by atoms with Gasteiger partial charge in [-0.25, -0.2) is 0 Å². The van der Waals surface area contributed by atoms with Gasteiger partial charge < -0.3 is 5.32 Å². The largest absolute Gasteiger partial charge is 0.380 e. The summed E-state index contributed by atoms with van der Waals surface area (Å²) in [5, 5.41) is 4.84. The lowest BCUT2D eigenvalue weighted by Gasteiger charge is -2.09. The van der Waals surface area contributed by atoms with Crippen LogP contribution in [0.1, 0.15) is 5.56 Å². The number of rotatable bonds is 3. The van der Waals surface area contributed by atoms with Crippen LogP contribution in [-0.2, 0) is 6.54 Å². The van der Waals surface area contributed by atoms with E-state index in [4.69, 9.17) is 23.2 Å². The van der Waals surface area contributed by atoms with Crippen molar-refractivity contribution in [2.24, 2.45) is 0 Å². The Kier molecular flexibility index (Phi) is 5.18. The third kappa shape index (κ3) is 3.76. The zero-order valence-electron chi connectivity index (χ0n) is 9.18. The second-order valence-electron chi connectivity index (χ2n) is 3.73. The van der Waals surface area contributed by atoms with Gasteiger partial charge in [0.15, 0.2) is 0 Å². The molecule has 0 aromatic heterocycles. The van der Waals surface area contributed by atoms with E-state index in [1.54, 1.807) is 0 Å². The normalized spacial score (nSPS) is 10.4. The predicted molar refractivity (Wildman–Crippen MR) is 90.6 cm³/mol. The van der Waals surface area contributed by atoms with Gasteiger partial charge >= 0.3 is 0 Å². The van der Waals surface area contributed by atoms with E-state index in [0.29, 0.717) is 0 Å². The third-order valence-corrected chi connectivity index (χ3v) is 4.74. The first-order chi connectivity index (χ1) is 8.56. The number of hydrogen-bond acceptors (Lipinski definition) is 1. The Morgan fingerprint density at radius 1 is 1.11 bits per heavy atom. The fourth-order valence-electron chi connectivity index (χ4n) is 1.48. The second-order valence-corrected chi connectivity index (χ2v) is 6.59. The molecule has 0 bridgehead atoms. The van der Waals surface area contributed by atoms with Crippen molar-refractivity contribution in [3.05, 3.63) is 60.0 Å². The molecule has 0 atom stereocenters. The lowest BCUT2D eigenvalue weighted by atomic mass is 10.2. The molecular formula is C13H9BrCl2IN. The van der Waals surface area contributed by atoms with E-state index in [-0.39, 0.29) is 0 Å². The average molecular weight is 457 g/mol. The highest BCUT2D eigenvalue weighted by atomic mass is 127. The highest BCUT2D eigenvalue weighted by molar-refractivity contribution is 14.1. The van der Waals surface area contributed by atoms with Crippen molar-refractivity contribution in [3.8, 4) is 0 Å². The molecule has 2 rings (SSSR count). The minimum Gasteiger partial charge on any atom is -0.380 e. The summed E-state index contributed by atoms with van der Waals surface area (Å²) >= 11 is 17.6. The molecule has 18 heavy (non-hydrogen) atoms. The smallest absolute Gasteiger partial charge is 0.0548 e. The van der Waals surface area contributed by atoms with Gasteiger partial charge in [0.25, 0.3) is 0 Å². The quantitative estimate of drug-likeness (QED) is 0.561. The molecule has 94 valence electrons. The van der Waals surface area contributed by atoms with Crippen molar-refractivity contribution in [1.82, 2.24) is 0 Å². The summed E-state index contributed by atoms with van der Waals surface area (Å²) < 4.78 is 2.02. The Morgan fingerprint density at radius 2 is 1.89 bits per heavy atom. The summed E-state index contributed by atoms with van der Waals surface area (Å²) in [6.07, 6.45) is 0. The molecule has 0 amide bonds. The van der Waals surface area contributed by atoms with Crippen LogP contribution in [0.2, 0.25) is 10.0 Å². The van der Waals surface area contributed by atoms with E-state index >= 15 is 0 Å². The van der Waals surface area contributed by atoms with E-state index in [9.17, 15) is 0 Å². The van der Waals surface area contributed by atoms with E-state index < -0.39 is 0 Å². The molecule has 0 heterocycles. The first-order valence-electron chi connectivity index (χ1n) is 5.19. The van der Waals surface area contributed by atoms with Crippen molar-refractivity contribution < 1.29 is 0 Å². The molecule has 1 nitrogen and oxygen atoms in total. The lowest BCUT2D eigenvalue weighted by molar-refractivity contribution is 1.14. The van der Waals surface area contributed by atoms with E-state index in [1.807, 2.05) is 36.4 Å². The highest BCUT2D eigenvalue weighted by Gasteiger charge is 2.02. The van der Waals surface area contributed by atoms with Crippen molar-refractivity contribution in [2.75, 3.05) is 5.32 Å². The third-order valence-electron chi connectivity index (χ3n) is 2.40. The summed E-state index contributed by atoms with van der Waals surface area (Å²) in [6, 6.07) is 11.7. The lowest BCUT2D eigenvalue weighted by Crippen LogP contribution is -2.00. The first-order valence-corrected chi connectivity index (χ1v) is 7.82. The molecule has 0 saturated carbocycles. The molecule has 5 heteroatoms. The van der Waals surface area contributed by atoms with Crippen LogP contribution in [-0.4, -0.2) is 0 Å². The maximum Gasteiger partial charge on any atom is 0.0548 e. The van der Waals surface area contributed by atoms with Gasteiger partial charge in [-0.3, -0.25) is 0 Å². The van der Waals surface area contributed by atoms with E-state index in [0.717, 1.165) is 35.9 Å². The Hall–Kier alpha value is 0.0300. The van der Waals surface area contributed by atoms with Crippen LogP contribution in [0.3, 0.4) is 0 Å². The van der Waals surface area contributed by atoms with Gasteiger partial charge in [0.1, 0.15) is 0 Å². The maximum absolute atomic E-state index is 5.96. The summed E-state index contributed by atoms with van der Waals surface area (Å²) in [7, 11) is 0. The van der Waals surface area contributed by atoms with Crippen LogP contribution in [0.25, 0.3) is 0 Å². The number of anilines is 1. The van der Waals surface area contributed by atoms with Gasteiger partial charge in [-0.05, 0) is 74.4 Å². The molecule has 0 aliphatic rings. The maximum atomic E-state index is 5.96. The zero-order valence-corrected chi connectivity index (χ0v) is 14.4. The average Bonchev–Trinajstić information content (AvgIpc) is 2.32. The first kappa shape index (κ1) is 14.4. The topological polar surface area (TPSA) is 12.0 Å². The van der Waals surface area contributed by atoms with Crippen LogP contribution >= 0.6 is 61.7 Å². The van der Waals surface area contributed by atoms with Crippen LogP contribution in [0, 0.1) is 3.57 Å². The van der Waals surface area contributed by atoms with Gasteiger partial charge in [-0.15, -0.1) is 0 Å². The van der Waals surface area contributed by atoms with Crippen molar-refractivity contribution >= 4 is 67.4 Å². The molecule has 0 radical (unpaired) electrons. The SMILES string of the molecule is Clc1ccc(NCc2ccc(Cl)c(Br)c2)c(I)c1. The van der Waals surface area contributed by atoms with E-state index in [2.05, 4.69) is 43.8 Å². The van der Waals surface area contributed by atoms with Crippen molar-refractivity contribution in [2.45, 2.75) is 6.54 Å². The van der Waals surface area contributed by atoms with Gasteiger partial charge in [0.2, 0.25) is 0 Å². The van der Waals surface area contributed by atoms with Crippen molar-refractivity contribution in [3.63, 3.8) is 0 Å².